The van der Waals surface area contributed by atoms with Gasteiger partial charge in [-0.15, -0.1) is 0 Å². The molecule has 2 aromatic rings. The molecule has 0 aliphatic heterocycles. The third-order valence-electron chi connectivity index (χ3n) is 3.02. The Kier molecular flexibility index (Phi) is 5.01. The van der Waals surface area contributed by atoms with Crippen LogP contribution < -0.4 is 4.74 Å². The van der Waals surface area contributed by atoms with Crippen molar-refractivity contribution < 1.29 is 14.9 Å². The summed E-state index contributed by atoms with van der Waals surface area (Å²) in [7, 11) is 0. The van der Waals surface area contributed by atoms with Gasteiger partial charge in [0.25, 0.3) is 0 Å². The fourth-order valence-corrected chi connectivity index (χ4v) is 2.06. The van der Waals surface area contributed by atoms with Crippen molar-refractivity contribution >= 4 is 11.6 Å². The van der Waals surface area contributed by atoms with Gasteiger partial charge in [0, 0.05) is 10.6 Å². The Labute approximate surface area is 123 Å². The molecule has 2 N–H and O–H groups in total. The topological polar surface area (TPSA) is 49.7 Å². The molecule has 20 heavy (non-hydrogen) atoms. The molecule has 0 saturated heterocycles. The first-order chi connectivity index (χ1) is 9.60. The SMILES string of the molecule is C[C@H](O)c1cc(Cl)ccc1OCc1ccc(CO)cc1. The van der Waals surface area contributed by atoms with Gasteiger partial charge in [-0.2, -0.15) is 0 Å². The first-order valence-corrected chi connectivity index (χ1v) is 6.77. The number of hydrogen-bond donors (Lipinski definition) is 2. The molecule has 2 rings (SSSR count). The number of benzene rings is 2. The van der Waals surface area contributed by atoms with Crippen molar-refractivity contribution in [1.82, 2.24) is 0 Å². The highest BCUT2D eigenvalue weighted by molar-refractivity contribution is 6.30. The monoisotopic (exact) mass is 292 g/mol. The van der Waals surface area contributed by atoms with Gasteiger partial charge in [-0.1, -0.05) is 35.9 Å². The molecular weight excluding hydrogens is 276 g/mol. The van der Waals surface area contributed by atoms with Gasteiger partial charge < -0.3 is 14.9 Å². The minimum Gasteiger partial charge on any atom is -0.489 e. The third kappa shape index (κ3) is 3.73. The smallest absolute Gasteiger partial charge is 0.125 e. The highest BCUT2D eigenvalue weighted by atomic mass is 35.5. The van der Waals surface area contributed by atoms with Crippen molar-refractivity contribution in [2.24, 2.45) is 0 Å². The second-order valence-electron chi connectivity index (χ2n) is 4.62. The Morgan fingerprint density at radius 1 is 1.10 bits per heavy atom. The number of aliphatic hydroxyl groups is 2. The number of halogens is 1. The number of ether oxygens (including phenoxy) is 1. The summed E-state index contributed by atoms with van der Waals surface area (Å²) in [6.45, 7) is 2.10. The summed E-state index contributed by atoms with van der Waals surface area (Å²) in [5, 5.41) is 19.3. The summed E-state index contributed by atoms with van der Waals surface area (Å²) in [6, 6.07) is 12.7. The van der Waals surface area contributed by atoms with E-state index in [1.807, 2.05) is 24.3 Å². The molecule has 0 unspecified atom stereocenters. The van der Waals surface area contributed by atoms with E-state index in [0.717, 1.165) is 11.1 Å². The quantitative estimate of drug-likeness (QED) is 0.887. The maximum absolute atomic E-state index is 9.73. The van der Waals surface area contributed by atoms with Crippen LogP contribution in [0.2, 0.25) is 5.02 Å². The van der Waals surface area contributed by atoms with Crippen molar-refractivity contribution in [1.29, 1.82) is 0 Å². The summed E-state index contributed by atoms with van der Waals surface area (Å²) >= 11 is 5.92. The molecule has 3 nitrogen and oxygen atoms in total. The molecule has 0 aromatic heterocycles. The van der Waals surface area contributed by atoms with Crippen molar-refractivity contribution in [3.63, 3.8) is 0 Å². The van der Waals surface area contributed by atoms with Gasteiger partial charge in [-0.05, 0) is 36.2 Å². The van der Waals surface area contributed by atoms with E-state index in [4.69, 9.17) is 21.4 Å². The van der Waals surface area contributed by atoms with E-state index in [2.05, 4.69) is 0 Å². The highest BCUT2D eigenvalue weighted by Gasteiger charge is 2.10. The second kappa shape index (κ2) is 6.75. The van der Waals surface area contributed by atoms with E-state index in [9.17, 15) is 5.11 Å². The van der Waals surface area contributed by atoms with Crippen LogP contribution in [-0.4, -0.2) is 10.2 Å². The Hall–Kier alpha value is -1.55. The van der Waals surface area contributed by atoms with Crippen LogP contribution in [0, 0.1) is 0 Å². The van der Waals surface area contributed by atoms with Gasteiger partial charge in [0.1, 0.15) is 12.4 Å². The molecule has 0 saturated carbocycles. The molecule has 0 radical (unpaired) electrons. The van der Waals surface area contributed by atoms with E-state index >= 15 is 0 Å². The average molecular weight is 293 g/mol. The van der Waals surface area contributed by atoms with Gasteiger partial charge in [-0.25, -0.2) is 0 Å². The Morgan fingerprint density at radius 2 is 1.75 bits per heavy atom. The molecule has 0 spiro atoms. The molecule has 0 aliphatic carbocycles. The number of rotatable bonds is 5. The van der Waals surface area contributed by atoms with Crippen LogP contribution in [0.15, 0.2) is 42.5 Å². The lowest BCUT2D eigenvalue weighted by Crippen LogP contribution is -2.01. The predicted molar refractivity (Wildman–Crippen MR) is 78.8 cm³/mol. The third-order valence-corrected chi connectivity index (χ3v) is 3.26. The Balaban J connectivity index is 2.10. The van der Waals surface area contributed by atoms with Crippen molar-refractivity contribution in [2.45, 2.75) is 26.2 Å². The first kappa shape index (κ1) is 14.9. The molecule has 0 heterocycles. The van der Waals surface area contributed by atoms with Crippen molar-refractivity contribution in [2.75, 3.05) is 0 Å². The van der Waals surface area contributed by atoms with Crippen LogP contribution in [0.5, 0.6) is 5.75 Å². The summed E-state index contributed by atoms with van der Waals surface area (Å²) in [6.07, 6.45) is -0.638. The fraction of sp³-hybridized carbons (Fsp3) is 0.250. The molecule has 106 valence electrons. The van der Waals surface area contributed by atoms with E-state index < -0.39 is 6.10 Å². The van der Waals surface area contributed by atoms with Crippen LogP contribution in [-0.2, 0) is 13.2 Å². The van der Waals surface area contributed by atoms with Crippen LogP contribution in [0.25, 0.3) is 0 Å². The zero-order valence-electron chi connectivity index (χ0n) is 11.2. The second-order valence-corrected chi connectivity index (χ2v) is 5.06. The predicted octanol–water partition coefficient (Wildman–Crippen LogP) is 3.46. The van der Waals surface area contributed by atoms with Crippen LogP contribution in [0.4, 0.5) is 0 Å². The van der Waals surface area contributed by atoms with Gasteiger partial charge in [0.05, 0.1) is 12.7 Å². The Bertz CT molecular complexity index is 564. The Morgan fingerprint density at radius 3 is 2.35 bits per heavy atom. The van der Waals surface area contributed by atoms with Gasteiger partial charge in [0.15, 0.2) is 0 Å². The van der Waals surface area contributed by atoms with Crippen LogP contribution >= 0.6 is 11.6 Å². The minimum atomic E-state index is -0.638. The number of aliphatic hydroxyl groups excluding tert-OH is 2. The molecular formula is C16H17ClO3. The zero-order valence-corrected chi connectivity index (χ0v) is 12.0. The number of hydrogen-bond acceptors (Lipinski definition) is 3. The van der Waals surface area contributed by atoms with Gasteiger partial charge >= 0.3 is 0 Å². The van der Waals surface area contributed by atoms with Crippen LogP contribution in [0.1, 0.15) is 29.7 Å². The summed E-state index contributed by atoms with van der Waals surface area (Å²) < 4.78 is 5.73. The molecule has 0 amide bonds. The summed E-state index contributed by atoms with van der Waals surface area (Å²) in [5.41, 5.74) is 2.53. The van der Waals surface area contributed by atoms with E-state index in [1.165, 1.54) is 0 Å². The van der Waals surface area contributed by atoms with E-state index in [-0.39, 0.29) is 6.61 Å². The summed E-state index contributed by atoms with van der Waals surface area (Å²) in [4.78, 5) is 0. The standard InChI is InChI=1S/C16H17ClO3/c1-11(19)15-8-14(17)6-7-16(15)20-10-13-4-2-12(9-18)3-5-13/h2-8,11,18-19H,9-10H2,1H3/t11-/m0/s1. The van der Waals surface area contributed by atoms with Crippen molar-refractivity contribution in [3.05, 3.63) is 64.2 Å². The zero-order chi connectivity index (χ0) is 14.5. The normalized spacial score (nSPS) is 12.2. The lowest BCUT2D eigenvalue weighted by atomic mass is 10.1. The maximum atomic E-state index is 9.73. The molecule has 4 heteroatoms. The van der Waals surface area contributed by atoms with Gasteiger partial charge in [0.2, 0.25) is 0 Å². The largest absolute Gasteiger partial charge is 0.489 e. The molecule has 0 fully saturated rings. The van der Waals surface area contributed by atoms with Gasteiger partial charge in [-0.3, -0.25) is 0 Å². The molecule has 2 aromatic carbocycles. The summed E-state index contributed by atoms with van der Waals surface area (Å²) in [5.74, 6) is 0.621. The van der Waals surface area contributed by atoms with E-state index in [1.54, 1.807) is 25.1 Å². The van der Waals surface area contributed by atoms with E-state index in [0.29, 0.717) is 22.9 Å². The average Bonchev–Trinajstić information content (AvgIpc) is 2.46. The molecule has 1 atom stereocenters. The lowest BCUT2D eigenvalue weighted by molar-refractivity contribution is 0.190. The lowest BCUT2D eigenvalue weighted by Gasteiger charge is -2.14. The van der Waals surface area contributed by atoms with Crippen LogP contribution in [0.3, 0.4) is 0 Å². The minimum absolute atomic E-state index is 0.0322. The molecule has 0 bridgehead atoms. The molecule has 0 aliphatic rings. The van der Waals surface area contributed by atoms with Crippen molar-refractivity contribution in [3.8, 4) is 5.75 Å². The first-order valence-electron chi connectivity index (χ1n) is 6.39. The fourth-order valence-electron chi connectivity index (χ4n) is 1.88. The maximum Gasteiger partial charge on any atom is 0.125 e. The highest BCUT2D eigenvalue weighted by Crippen LogP contribution is 2.28.